The van der Waals surface area contributed by atoms with Crippen LogP contribution in [0.5, 0.6) is 0 Å². The Kier molecular flexibility index (Phi) is 5.38. The first-order valence-corrected chi connectivity index (χ1v) is 12.3. The molecule has 5 nitrogen and oxygen atoms in total. The smallest absolute Gasteiger partial charge is 0.218 e. The highest BCUT2D eigenvalue weighted by Crippen LogP contribution is 2.63. The Morgan fingerprint density at radius 1 is 0.914 bits per heavy atom. The number of halogens is 5. The van der Waals surface area contributed by atoms with E-state index in [1.54, 1.807) is 19.1 Å². The van der Waals surface area contributed by atoms with Crippen molar-refractivity contribution < 1.29 is 34.6 Å². The van der Waals surface area contributed by atoms with E-state index in [4.69, 9.17) is 4.18 Å². The zero-order chi connectivity index (χ0) is 25.2. The summed E-state index contributed by atoms with van der Waals surface area (Å²) in [6.45, 7) is 1.78. The number of anilines is 1. The van der Waals surface area contributed by atoms with Gasteiger partial charge in [0.2, 0.25) is 0 Å². The molecule has 12 heteroatoms. The normalized spacial score (nSPS) is 19.5. The summed E-state index contributed by atoms with van der Waals surface area (Å²) in [6.07, 6.45) is -4.56. The summed E-state index contributed by atoms with van der Waals surface area (Å²) in [7, 11) is -4.34. The number of nitrogens with zero attached hydrogens (tertiary/aromatic N) is 2. The van der Waals surface area contributed by atoms with E-state index in [9.17, 15) is 30.4 Å². The molecule has 0 N–H and O–H groups in total. The Hall–Kier alpha value is -3.09. The van der Waals surface area contributed by atoms with Gasteiger partial charge in [0.1, 0.15) is 11.6 Å². The Morgan fingerprint density at radius 3 is 2.17 bits per heavy atom. The summed E-state index contributed by atoms with van der Waals surface area (Å²) in [4.78, 5) is -0.126. The van der Waals surface area contributed by atoms with E-state index in [1.165, 1.54) is 33.6 Å². The molecule has 1 unspecified atom stereocenters. The zero-order valence-corrected chi connectivity index (χ0v) is 19.4. The highest BCUT2D eigenvalue weighted by Gasteiger charge is 2.71. The third-order valence-corrected chi connectivity index (χ3v) is 7.91. The van der Waals surface area contributed by atoms with Gasteiger partial charge < -0.3 is 0 Å². The van der Waals surface area contributed by atoms with Gasteiger partial charge in [-0.15, -0.1) is 0 Å². The Labute approximate surface area is 201 Å². The molecule has 2 aliphatic heterocycles. The first-order valence-electron chi connectivity index (χ1n) is 10.1. The second-order valence-corrected chi connectivity index (χ2v) is 10.4. The number of hydrogen-bond acceptors (Lipinski definition) is 6. The monoisotopic (exact) mass is 526 g/mol. The van der Waals surface area contributed by atoms with Crippen LogP contribution in [0.4, 0.5) is 27.6 Å². The molecule has 5 rings (SSSR count). The Balaban J connectivity index is 1.54. The van der Waals surface area contributed by atoms with E-state index in [0.717, 1.165) is 47.7 Å². The van der Waals surface area contributed by atoms with Gasteiger partial charge >= 0.3 is 21.5 Å². The highest BCUT2D eigenvalue weighted by atomic mass is 32.2. The molecule has 0 aromatic heterocycles. The van der Waals surface area contributed by atoms with E-state index in [1.807, 2.05) is 0 Å². The summed E-state index contributed by atoms with van der Waals surface area (Å²) < 4.78 is 98.8. The second-order valence-electron chi connectivity index (χ2n) is 7.81. The van der Waals surface area contributed by atoms with Gasteiger partial charge in [-0.2, -0.15) is 21.6 Å². The molecule has 1 atom stereocenters. The van der Waals surface area contributed by atoms with Gasteiger partial charge in [0.15, 0.2) is 0 Å². The summed E-state index contributed by atoms with van der Waals surface area (Å²) in [6, 6.07) is 12.8. The molecule has 0 spiro atoms. The van der Waals surface area contributed by atoms with Gasteiger partial charge in [-0.05, 0) is 67.2 Å². The third kappa shape index (κ3) is 4.05. The van der Waals surface area contributed by atoms with Gasteiger partial charge in [0, 0.05) is 17.0 Å². The van der Waals surface area contributed by atoms with Crippen molar-refractivity contribution in [3.05, 3.63) is 100 Å². The van der Waals surface area contributed by atoms with Gasteiger partial charge in [0.05, 0.1) is 21.8 Å². The lowest BCUT2D eigenvalue weighted by Gasteiger charge is -2.14. The lowest BCUT2D eigenvalue weighted by atomic mass is 10.1. The number of alkyl halides is 3. The van der Waals surface area contributed by atoms with Crippen LogP contribution in [-0.4, -0.2) is 18.6 Å². The Morgan fingerprint density at radius 2 is 1.57 bits per heavy atom. The van der Waals surface area contributed by atoms with E-state index < -0.39 is 38.7 Å². The van der Waals surface area contributed by atoms with Crippen LogP contribution in [0.1, 0.15) is 16.7 Å². The summed E-state index contributed by atoms with van der Waals surface area (Å²) in [5, 5.41) is 2.30. The van der Waals surface area contributed by atoms with Crippen molar-refractivity contribution in [1.82, 2.24) is 5.01 Å². The average molecular weight is 527 g/mol. The summed E-state index contributed by atoms with van der Waals surface area (Å²) in [5.74, 6) is -1.69. The van der Waals surface area contributed by atoms with Crippen molar-refractivity contribution in [3.63, 3.8) is 0 Å². The molecule has 182 valence electrons. The van der Waals surface area contributed by atoms with Gasteiger partial charge in [-0.1, -0.05) is 17.7 Å². The van der Waals surface area contributed by atoms with E-state index >= 15 is 0 Å². The van der Waals surface area contributed by atoms with Crippen LogP contribution < -0.4 is 5.01 Å². The molecule has 3 aromatic carbocycles. The van der Waals surface area contributed by atoms with Gasteiger partial charge in [-0.25, -0.2) is 23.0 Å². The van der Waals surface area contributed by atoms with Crippen molar-refractivity contribution in [2.24, 2.45) is 0 Å². The highest BCUT2D eigenvalue weighted by molar-refractivity contribution is 8.04. The predicted octanol–water partition coefficient (Wildman–Crippen LogP) is 6.09. The van der Waals surface area contributed by atoms with Crippen LogP contribution in [0.15, 0.2) is 77.0 Å². The number of thioether (sulfide) groups is 1. The maximum atomic E-state index is 14.6. The molecule has 1 saturated heterocycles. The first kappa shape index (κ1) is 23.6. The topological polar surface area (TPSA) is 49.4 Å². The molecule has 0 bridgehead atoms. The molecule has 0 radical (unpaired) electrons. The average Bonchev–Trinajstić information content (AvgIpc) is 3.26. The quantitative estimate of drug-likeness (QED) is 0.228. The van der Waals surface area contributed by atoms with Gasteiger partial charge in [0.25, 0.3) is 0 Å². The minimum atomic E-state index is -4.56. The van der Waals surface area contributed by atoms with Crippen LogP contribution >= 0.6 is 11.8 Å². The van der Waals surface area contributed by atoms with Crippen LogP contribution in [0.3, 0.4) is 0 Å². The fourth-order valence-corrected chi connectivity index (χ4v) is 6.10. The second kappa shape index (κ2) is 7.97. The molecular formula is C23H15F5N2O3S2. The van der Waals surface area contributed by atoms with Crippen LogP contribution in [0, 0.1) is 18.6 Å². The van der Waals surface area contributed by atoms with Gasteiger partial charge in [-0.3, -0.25) is 0 Å². The minimum absolute atomic E-state index is 0.0356. The molecular weight excluding hydrogens is 511 g/mol. The fourth-order valence-electron chi connectivity index (χ4n) is 3.67. The maximum Gasteiger partial charge on any atom is 0.416 e. The zero-order valence-electron chi connectivity index (χ0n) is 17.8. The van der Waals surface area contributed by atoms with E-state index in [2.05, 4.69) is 0 Å². The third-order valence-electron chi connectivity index (χ3n) is 5.42. The van der Waals surface area contributed by atoms with Crippen LogP contribution in [0.2, 0.25) is 0 Å². The molecule has 2 aliphatic rings. The molecule has 2 heterocycles. The Bertz CT molecular complexity index is 1440. The number of hydrazine groups is 1. The molecule has 35 heavy (non-hydrogen) atoms. The first-order chi connectivity index (χ1) is 16.4. The number of benzene rings is 3. The van der Waals surface area contributed by atoms with Crippen molar-refractivity contribution in [1.29, 1.82) is 0 Å². The molecule has 0 amide bonds. The predicted molar refractivity (Wildman–Crippen MR) is 120 cm³/mol. The molecule has 1 fully saturated rings. The minimum Gasteiger partial charge on any atom is -0.218 e. The van der Waals surface area contributed by atoms with Crippen molar-refractivity contribution >= 4 is 33.3 Å². The SMILES string of the molecule is Cc1ccc(S(=O)(=O)OC23SC=C(c4ccc(F)cc4F)N2N3c2ccc(C(F)(F)F)cc2)cc1. The number of hydrogen-bond donors (Lipinski definition) is 0. The number of rotatable bonds is 5. The number of aryl methyl sites for hydroxylation is 1. The van der Waals surface area contributed by atoms with E-state index in [-0.39, 0.29) is 21.8 Å². The standard InChI is InChI=1S/C23H15F5N2O3S2/c1-14-2-9-18(10-3-14)35(31,32)33-23-29(17-7-4-15(5-8-17)22(26,27)28)30(23)21(13-34-23)19-11-6-16(24)12-20(19)25/h2-13H,1H3. The van der Waals surface area contributed by atoms with Crippen molar-refractivity contribution in [2.45, 2.75) is 23.2 Å². The molecule has 3 aromatic rings. The molecule has 0 saturated carbocycles. The summed E-state index contributed by atoms with van der Waals surface area (Å²) in [5.41, 5.74) is 0.238. The molecule has 0 aliphatic carbocycles. The fraction of sp³-hybridized carbons (Fsp3) is 0.130. The van der Waals surface area contributed by atoms with Crippen LogP contribution in [-0.2, 0) is 20.5 Å². The lowest BCUT2D eigenvalue weighted by molar-refractivity contribution is -0.137. The number of fused-ring (bicyclic) bond motifs is 1. The lowest BCUT2D eigenvalue weighted by Crippen LogP contribution is -2.23. The van der Waals surface area contributed by atoms with Crippen molar-refractivity contribution in [2.75, 3.05) is 5.01 Å². The largest absolute Gasteiger partial charge is 0.416 e. The maximum absolute atomic E-state index is 14.6. The van der Waals surface area contributed by atoms with Crippen molar-refractivity contribution in [3.8, 4) is 0 Å². The van der Waals surface area contributed by atoms with Crippen LogP contribution in [0.25, 0.3) is 5.70 Å². The summed E-state index contributed by atoms with van der Waals surface area (Å²) >= 11 is 0.878. The van der Waals surface area contributed by atoms with E-state index in [0.29, 0.717) is 6.07 Å².